The fourth-order valence-corrected chi connectivity index (χ4v) is 2.55. The van der Waals surface area contributed by atoms with E-state index in [1.807, 2.05) is 31.2 Å². The minimum absolute atomic E-state index is 0.139. The number of aryl methyl sites for hydroxylation is 1. The van der Waals surface area contributed by atoms with Gasteiger partial charge in [0.2, 0.25) is 5.95 Å². The number of aromatic nitrogens is 2. The lowest BCUT2D eigenvalue weighted by Gasteiger charge is -2.16. The molecule has 5 heteroatoms. The first-order chi connectivity index (χ1) is 12.1. The standard InChI is InChI=1S/C20H21FN4/c1-14-12-19(24-15(2)17-6-4-3-5-7-17)25-20(23-14)22-13-16-8-10-18(21)11-9-16/h3-12,15H,13H2,1-2H3,(H2,22,23,24,25). The Hall–Kier alpha value is -2.95. The van der Waals surface area contributed by atoms with Gasteiger partial charge in [-0.1, -0.05) is 42.5 Å². The first-order valence-corrected chi connectivity index (χ1v) is 8.25. The molecule has 0 radical (unpaired) electrons. The van der Waals surface area contributed by atoms with Gasteiger partial charge in [-0.2, -0.15) is 4.98 Å². The molecular formula is C20H21FN4. The Morgan fingerprint density at radius 2 is 1.72 bits per heavy atom. The maximum atomic E-state index is 13.0. The minimum Gasteiger partial charge on any atom is -0.363 e. The predicted octanol–water partition coefficient (Wildman–Crippen LogP) is 4.71. The Morgan fingerprint density at radius 3 is 2.44 bits per heavy atom. The van der Waals surface area contributed by atoms with Gasteiger partial charge >= 0.3 is 0 Å². The van der Waals surface area contributed by atoms with E-state index >= 15 is 0 Å². The molecule has 2 aromatic carbocycles. The molecule has 1 aromatic heterocycles. The molecule has 0 amide bonds. The zero-order valence-corrected chi connectivity index (χ0v) is 14.3. The molecule has 1 heterocycles. The largest absolute Gasteiger partial charge is 0.363 e. The molecule has 128 valence electrons. The van der Waals surface area contributed by atoms with E-state index in [2.05, 4.69) is 39.7 Å². The van der Waals surface area contributed by atoms with Crippen molar-refractivity contribution in [2.24, 2.45) is 0 Å². The third-order valence-corrected chi connectivity index (χ3v) is 3.88. The van der Waals surface area contributed by atoms with Crippen molar-refractivity contribution in [3.8, 4) is 0 Å². The molecule has 0 aliphatic rings. The van der Waals surface area contributed by atoms with Crippen molar-refractivity contribution < 1.29 is 4.39 Å². The van der Waals surface area contributed by atoms with E-state index in [0.29, 0.717) is 12.5 Å². The summed E-state index contributed by atoms with van der Waals surface area (Å²) in [4.78, 5) is 8.93. The summed E-state index contributed by atoms with van der Waals surface area (Å²) >= 11 is 0. The van der Waals surface area contributed by atoms with Crippen LogP contribution in [0.2, 0.25) is 0 Å². The summed E-state index contributed by atoms with van der Waals surface area (Å²) in [5.74, 6) is 1.08. The highest BCUT2D eigenvalue weighted by atomic mass is 19.1. The number of nitrogens with one attached hydrogen (secondary N) is 2. The number of halogens is 1. The highest BCUT2D eigenvalue weighted by molar-refractivity contribution is 5.44. The second-order valence-corrected chi connectivity index (χ2v) is 5.97. The van der Waals surface area contributed by atoms with Gasteiger partial charge in [-0.3, -0.25) is 0 Å². The summed E-state index contributed by atoms with van der Waals surface area (Å²) in [5, 5.41) is 6.59. The molecule has 2 N–H and O–H groups in total. The van der Waals surface area contributed by atoms with Gasteiger partial charge in [-0.15, -0.1) is 0 Å². The maximum absolute atomic E-state index is 13.0. The van der Waals surface area contributed by atoms with Gasteiger partial charge in [0.1, 0.15) is 11.6 Å². The smallest absolute Gasteiger partial charge is 0.225 e. The first-order valence-electron chi connectivity index (χ1n) is 8.25. The number of hydrogen-bond acceptors (Lipinski definition) is 4. The Balaban J connectivity index is 1.68. The van der Waals surface area contributed by atoms with Crippen molar-refractivity contribution in [1.29, 1.82) is 0 Å². The molecule has 0 fully saturated rings. The second-order valence-electron chi connectivity index (χ2n) is 5.97. The fourth-order valence-electron chi connectivity index (χ4n) is 2.55. The van der Waals surface area contributed by atoms with E-state index in [4.69, 9.17) is 0 Å². The SMILES string of the molecule is Cc1cc(NC(C)c2ccccc2)nc(NCc2ccc(F)cc2)n1. The van der Waals surface area contributed by atoms with Crippen LogP contribution < -0.4 is 10.6 Å². The summed E-state index contributed by atoms with van der Waals surface area (Å²) in [6.07, 6.45) is 0. The molecule has 0 spiro atoms. The zero-order valence-electron chi connectivity index (χ0n) is 14.3. The van der Waals surface area contributed by atoms with Crippen molar-refractivity contribution in [3.63, 3.8) is 0 Å². The lowest BCUT2D eigenvalue weighted by molar-refractivity contribution is 0.627. The molecule has 25 heavy (non-hydrogen) atoms. The van der Waals surface area contributed by atoms with E-state index in [-0.39, 0.29) is 11.9 Å². The van der Waals surface area contributed by atoms with Crippen LogP contribution in [-0.4, -0.2) is 9.97 Å². The number of nitrogens with zero attached hydrogens (tertiary/aromatic N) is 2. The normalized spacial score (nSPS) is 11.8. The number of anilines is 2. The van der Waals surface area contributed by atoms with Gasteiger partial charge in [-0.05, 0) is 37.1 Å². The van der Waals surface area contributed by atoms with Gasteiger partial charge in [0, 0.05) is 24.3 Å². The van der Waals surface area contributed by atoms with Crippen molar-refractivity contribution in [3.05, 3.63) is 83.3 Å². The molecule has 0 bridgehead atoms. The van der Waals surface area contributed by atoms with Crippen LogP contribution in [0.1, 0.15) is 29.8 Å². The van der Waals surface area contributed by atoms with E-state index < -0.39 is 0 Å². The van der Waals surface area contributed by atoms with Crippen LogP contribution in [0.15, 0.2) is 60.7 Å². The fraction of sp³-hybridized carbons (Fsp3) is 0.200. The molecule has 0 aliphatic carbocycles. The van der Waals surface area contributed by atoms with Gasteiger partial charge in [0.15, 0.2) is 0 Å². The van der Waals surface area contributed by atoms with Crippen LogP contribution in [0.3, 0.4) is 0 Å². The molecule has 1 atom stereocenters. The summed E-state index contributed by atoms with van der Waals surface area (Å²) in [6, 6.07) is 18.7. The minimum atomic E-state index is -0.239. The topological polar surface area (TPSA) is 49.8 Å². The lowest BCUT2D eigenvalue weighted by Crippen LogP contribution is -2.11. The third kappa shape index (κ3) is 4.76. The monoisotopic (exact) mass is 336 g/mol. The molecule has 0 saturated heterocycles. The van der Waals surface area contributed by atoms with Crippen molar-refractivity contribution in [2.75, 3.05) is 10.6 Å². The Morgan fingerprint density at radius 1 is 1.00 bits per heavy atom. The van der Waals surface area contributed by atoms with E-state index in [1.165, 1.54) is 17.7 Å². The molecule has 0 aliphatic heterocycles. The van der Waals surface area contributed by atoms with Crippen molar-refractivity contribution in [2.45, 2.75) is 26.4 Å². The predicted molar refractivity (Wildman–Crippen MR) is 99.0 cm³/mol. The maximum Gasteiger partial charge on any atom is 0.225 e. The lowest BCUT2D eigenvalue weighted by atomic mass is 10.1. The van der Waals surface area contributed by atoms with Gasteiger partial charge in [-0.25, -0.2) is 9.37 Å². The van der Waals surface area contributed by atoms with Crippen molar-refractivity contribution in [1.82, 2.24) is 9.97 Å². The molecule has 3 rings (SSSR count). The first kappa shape index (κ1) is 16.9. The average molecular weight is 336 g/mol. The summed E-state index contributed by atoms with van der Waals surface area (Å²) < 4.78 is 13.0. The van der Waals surface area contributed by atoms with Crippen LogP contribution in [0, 0.1) is 12.7 Å². The van der Waals surface area contributed by atoms with Crippen LogP contribution in [0.25, 0.3) is 0 Å². The molecule has 4 nitrogen and oxygen atoms in total. The summed E-state index contributed by atoms with van der Waals surface area (Å²) in [5.41, 5.74) is 3.04. The highest BCUT2D eigenvalue weighted by Crippen LogP contribution is 2.19. The number of rotatable bonds is 6. The van der Waals surface area contributed by atoms with Gasteiger partial charge in [0.25, 0.3) is 0 Å². The summed E-state index contributed by atoms with van der Waals surface area (Å²) in [6.45, 7) is 4.57. The Labute approximate surface area is 147 Å². The number of benzene rings is 2. The van der Waals surface area contributed by atoms with Crippen molar-refractivity contribution >= 4 is 11.8 Å². The third-order valence-electron chi connectivity index (χ3n) is 3.88. The Kier molecular flexibility index (Phi) is 5.23. The van der Waals surface area contributed by atoms with Gasteiger partial charge in [0.05, 0.1) is 0 Å². The van der Waals surface area contributed by atoms with Gasteiger partial charge < -0.3 is 10.6 Å². The highest BCUT2D eigenvalue weighted by Gasteiger charge is 2.08. The molecule has 3 aromatic rings. The van der Waals surface area contributed by atoms with E-state index in [0.717, 1.165) is 17.1 Å². The van der Waals surface area contributed by atoms with Crippen LogP contribution >= 0.6 is 0 Å². The Bertz CT molecular complexity index is 819. The molecular weight excluding hydrogens is 315 g/mol. The zero-order chi connectivity index (χ0) is 17.6. The van der Waals surface area contributed by atoms with E-state index in [9.17, 15) is 4.39 Å². The van der Waals surface area contributed by atoms with Crippen LogP contribution in [-0.2, 0) is 6.54 Å². The second kappa shape index (κ2) is 7.75. The average Bonchev–Trinajstić information content (AvgIpc) is 2.61. The molecule has 1 unspecified atom stereocenters. The quantitative estimate of drug-likeness (QED) is 0.684. The van der Waals surface area contributed by atoms with Crippen LogP contribution in [0.4, 0.5) is 16.2 Å². The number of hydrogen-bond donors (Lipinski definition) is 2. The summed E-state index contributed by atoms with van der Waals surface area (Å²) in [7, 11) is 0. The van der Waals surface area contributed by atoms with E-state index in [1.54, 1.807) is 12.1 Å². The van der Waals surface area contributed by atoms with Crippen LogP contribution in [0.5, 0.6) is 0 Å². The molecule has 0 saturated carbocycles.